The van der Waals surface area contributed by atoms with Gasteiger partial charge in [-0.15, -0.1) is 0 Å². The largest absolute Gasteiger partial charge is 0.335 e. The summed E-state index contributed by atoms with van der Waals surface area (Å²) in [6.07, 6.45) is 1.62. The summed E-state index contributed by atoms with van der Waals surface area (Å²) in [4.78, 5) is 17.7. The van der Waals surface area contributed by atoms with Gasteiger partial charge in [0.2, 0.25) is 5.91 Å². The number of carbonyl (C=O) groups is 1. The van der Waals surface area contributed by atoms with Crippen molar-refractivity contribution >= 4 is 5.91 Å². The second kappa shape index (κ2) is 3.88. The lowest BCUT2D eigenvalue weighted by molar-refractivity contribution is -0.128. The minimum Gasteiger partial charge on any atom is -0.335 e. The first-order valence-electron chi connectivity index (χ1n) is 5.66. The molecule has 5 heteroatoms. The van der Waals surface area contributed by atoms with Crippen molar-refractivity contribution in [3.05, 3.63) is 11.6 Å². The van der Waals surface area contributed by atoms with E-state index in [1.54, 1.807) is 0 Å². The predicted molar refractivity (Wildman–Crippen MR) is 59.7 cm³/mol. The van der Waals surface area contributed by atoms with E-state index in [-0.39, 0.29) is 11.3 Å². The van der Waals surface area contributed by atoms with E-state index in [0.717, 1.165) is 24.6 Å². The molecule has 16 heavy (non-hydrogen) atoms. The summed E-state index contributed by atoms with van der Waals surface area (Å²) in [6.45, 7) is 7.61. The molecule has 0 saturated carbocycles. The van der Waals surface area contributed by atoms with E-state index in [9.17, 15) is 4.79 Å². The maximum atomic E-state index is 11.4. The van der Waals surface area contributed by atoms with Gasteiger partial charge in [-0.2, -0.15) is 5.10 Å². The predicted octanol–water partition coefficient (Wildman–Crippen LogP) is 1.22. The number of aromatic amines is 1. The molecule has 1 aliphatic rings. The number of nitrogens with zero attached hydrogens (tertiary/aromatic N) is 3. The van der Waals surface area contributed by atoms with Crippen molar-refractivity contribution in [2.45, 2.75) is 45.6 Å². The number of amides is 1. The van der Waals surface area contributed by atoms with Crippen LogP contribution in [-0.4, -0.2) is 32.5 Å². The van der Waals surface area contributed by atoms with Crippen LogP contribution >= 0.6 is 0 Å². The summed E-state index contributed by atoms with van der Waals surface area (Å²) >= 11 is 0. The number of H-pyrrole nitrogens is 1. The highest BCUT2D eigenvalue weighted by atomic mass is 16.2. The zero-order chi connectivity index (χ0) is 11.8. The number of carbonyl (C=O) groups excluding carboxylic acids is 1. The van der Waals surface area contributed by atoms with Gasteiger partial charge >= 0.3 is 0 Å². The molecule has 1 aromatic rings. The molecule has 2 rings (SSSR count). The Kier molecular flexibility index (Phi) is 2.69. The molecule has 0 spiro atoms. The van der Waals surface area contributed by atoms with Crippen LogP contribution in [0.15, 0.2) is 0 Å². The third-order valence-corrected chi connectivity index (χ3v) is 2.71. The minimum atomic E-state index is -0.0518. The SMILES string of the molecule is CC(C)(C)c1n[nH]c(CN2CCCC2=O)n1. The topological polar surface area (TPSA) is 61.9 Å². The lowest BCUT2D eigenvalue weighted by atomic mass is 9.96. The zero-order valence-corrected chi connectivity index (χ0v) is 10.1. The van der Waals surface area contributed by atoms with Crippen LogP contribution < -0.4 is 0 Å². The number of hydrogen-bond donors (Lipinski definition) is 1. The molecule has 0 aromatic carbocycles. The van der Waals surface area contributed by atoms with Crippen LogP contribution in [0.1, 0.15) is 45.3 Å². The van der Waals surface area contributed by atoms with Crippen molar-refractivity contribution in [2.75, 3.05) is 6.54 Å². The van der Waals surface area contributed by atoms with Crippen LogP contribution in [0.3, 0.4) is 0 Å². The molecule has 1 fully saturated rings. The fraction of sp³-hybridized carbons (Fsp3) is 0.727. The van der Waals surface area contributed by atoms with Gasteiger partial charge < -0.3 is 4.90 Å². The second-order valence-electron chi connectivity index (χ2n) is 5.27. The number of rotatable bonds is 2. The summed E-state index contributed by atoms with van der Waals surface area (Å²) < 4.78 is 0. The molecule has 0 unspecified atom stereocenters. The summed E-state index contributed by atoms with van der Waals surface area (Å²) in [6, 6.07) is 0. The van der Waals surface area contributed by atoms with Crippen LogP contribution in [0, 0.1) is 0 Å². The first kappa shape index (κ1) is 11.1. The first-order valence-corrected chi connectivity index (χ1v) is 5.66. The van der Waals surface area contributed by atoms with E-state index >= 15 is 0 Å². The van der Waals surface area contributed by atoms with Gasteiger partial charge in [0.15, 0.2) is 5.82 Å². The minimum absolute atomic E-state index is 0.0518. The Hall–Kier alpha value is -1.39. The van der Waals surface area contributed by atoms with E-state index in [4.69, 9.17) is 0 Å². The van der Waals surface area contributed by atoms with E-state index in [1.807, 2.05) is 4.90 Å². The Balaban J connectivity index is 2.05. The Morgan fingerprint density at radius 2 is 2.19 bits per heavy atom. The number of likely N-dealkylation sites (tertiary alicyclic amines) is 1. The van der Waals surface area contributed by atoms with Gasteiger partial charge in [0.25, 0.3) is 0 Å². The molecule has 0 radical (unpaired) electrons. The van der Waals surface area contributed by atoms with Gasteiger partial charge in [0, 0.05) is 18.4 Å². The van der Waals surface area contributed by atoms with E-state index in [2.05, 4.69) is 36.0 Å². The van der Waals surface area contributed by atoms with Crippen molar-refractivity contribution in [3.63, 3.8) is 0 Å². The molecule has 2 heterocycles. The van der Waals surface area contributed by atoms with Gasteiger partial charge in [0.1, 0.15) is 5.82 Å². The van der Waals surface area contributed by atoms with Crippen LogP contribution in [0.5, 0.6) is 0 Å². The average Bonchev–Trinajstić information content (AvgIpc) is 2.76. The van der Waals surface area contributed by atoms with Gasteiger partial charge in [-0.1, -0.05) is 20.8 Å². The normalized spacial score (nSPS) is 17.2. The van der Waals surface area contributed by atoms with Crippen molar-refractivity contribution in [1.82, 2.24) is 20.1 Å². The number of aromatic nitrogens is 3. The lowest BCUT2D eigenvalue weighted by Crippen LogP contribution is -2.24. The molecule has 5 nitrogen and oxygen atoms in total. The first-order chi connectivity index (χ1) is 7.47. The van der Waals surface area contributed by atoms with Crippen molar-refractivity contribution in [1.29, 1.82) is 0 Å². The van der Waals surface area contributed by atoms with Crippen molar-refractivity contribution < 1.29 is 4.79 Å². The van der Waals surface area contributed by atoms with Crippen molar-refractivity contribution in [2.24, 2.45) is 0 Å². The van der Waals surface area contributed by atoms with E-state index < -0.39 is 0 Å². The monoisotopic (exact) mass is 222 g/mol. The Bertz CT molecular complexity index is 391. The molecule has 1 aliphatic heterocycles. The van der Waals surface area contributed by atoms with Gasteiger partial charge in [-0.05, 0) is 6.42 Å². The Morgan fingerprint density at radius 1 is 1.44 bits per heavy atom. The molecule has 1 N–H and O–H groups in total. The van der Waals surface area contributed by atoms with Gasteiger partial charge in [-0.3, -0.25) is 9.89 Å². The molecule has 1 saturated heterocycles. The van der Waals surface area contributed by atoms with Crippen LogP contribution in [-0.2, 0) is 16.8 Å². The van der Waals surface area contributed by atoms with E-state index in [0.29, 0.717) is 13.0 Å². The highest BCUT2D eigenvalue weighted by Crippen LogP contribution is 2.18. The third-order valence-electron chi connectivity index (χ3n) is 2.71. The van der Waals surface area contributed by atoms with Gasteiger partial charge in [-0.25, -0.2) is 4.98 Å². The summed E-state index contributed by atoms with van der Waals surface area (Å²) in [7, 11) is 0. The van der Waals surface area contributed by atoms with Crippen LogP contribution in [0.2, 0.25) is 0 Å². The lowest BCUT2D eigenvalue weighted by Gasteiger charge is -2.13. The molecule has 0 bridgehead atoms. The highest BCUT2D eigenvalue weighted by molar-refractivity contribution is 5.77. The fourth-order valence-electron chi connectivity index (χ4n) is 1.75. The maximum absolute atomic E-state index is 11.4. The molecule has 0 atom stereocenters. The molecular weight excluding hydrogens is 204 g/mol. The molecule has 1 amide bonds. The third kappa shape index (κ3) is 2.23. The second-order valence-corrected chi connectivity index (χ2v) is 5.27. The number of nitrogens with one attached hydrogen (secondary N) is 1. The summed E-state index contributed by atoms with van der Waals surface area (Å²) in [5.74, 6) is 1.79. The Morgan fingerprint density at radius 3 is 2.69 bits per heavy atom. The highest BCUT2D eigenvalue weighted by Gasteiger charge is 2.23. The molecule has 88 valence electrons. The van der Waals surface area contributed by atoms with E-state index in [1.165, 1.54) is 0 Å². The standard InChI is InChI=1S/C11H18N4O/c1-11(2,3)10-12-8(13-14-10)7-15-6-4-5-9(15)16/h4-7H2,1-3H3,(H,12,13,14). The van der Waals surface area contributed by atoms with Crippen LogP contribution in [0.4, 0.5) is 0 Å². The van der Waals surface area contributed by atoms with Crippen molar-refractivity contribution in [3.8, 4) is 0 Å². The molecule has 0 aliphatic carbocycles. The zero-order valence-electron chi connectivity index (χ0n) is 10.1. The quantitative estimate of drug-likeness (QED) is 0.818. The van der Waals surface area contributed by atoms with Gasteiger partial charge in [0.05, 0.1) is 6.54 Å². The smallest absolute Gasteiger partial charge is 0.223 e. The molecular formula is C11H18N4O. The molecule has 1 aromatic heterocycles. The number of hydrogen-bond acceptors (Lipinski definition) is 3. The summed E-state index contributed by atoms with van der Waals surface area (Å²) in [5.41, 5.74) is -0.0518. The van der Waals surface area contributed by atoms with Crippen LogP contribution in [0.25, 0.3) is 0 Å². The average molecular weight is 222 g/mol. The fourth-order valence-corrected chi connectivity index (χ4v) is 1.75. The maximum Gasteiger partial charge on any atom is 0.223 e. The summed E-state index contributed by atoms with van der Waals surface area (Å²) in [5, 5.41) is 7.09. The Labute approximate surface area is 95.2 Å².